The number of hydrogen-bond acceptors (Lipinski definition) is 2. The molecule has 1 aromatic carbocycles. The second-order valence-corrected chi connectivity index (χ2v) is 5.91. The molecule has 0 unspecified atom stereocenters. The van der Waals surface area contributed by atoms with Gasteiger partial charge in [0, 0.05) is 23.7 Å². The van der Waals surface area contributed by atoms with E-state index < -0.39 is 0 Å². The van der Waals surface area contributed by atoms with Crippen molar-refractivity contribution < 1.29 is 4.79 Å². The van der Waals surface area contributed by atoms with Gasteiger partial charge < -0.3 is 10.6 Å². The van der Waals surface area contributed by atoms with Crippen molar-refractivity contribution in [2.45, 2.75) is 24.8 Å². The molecule has 1 fully saturated rings. The van der Waals surface area contributed by atoms with Gasteiger partial charge in [0.15, 0.2) is 0 Å². The topological polar surface area (TPSA) is 44.4 Å². The zero-order chi connectivity index (χ0) is 14.6. The van der Waals surface area contributed by atoms with Gasteiger partial charge >= 0.3 is 6.03 Å². The fraction of sp³-hybridized carbons (Fsp3) is 0.533. The number of carbonyl (C=O) groups excluding carboxylic acids is 1. The first kappa shape index (κ1) is 15.1. The molecular formula is C15H22ClN3O. The summed E-state index contributed by atoms with van der Waals surface area (Å²) in [6, 6.07) is 7.97. The molecule has 4 nitrogen and oxygen atoms in total. The molecule has 1 aliphatic heterocycles. The van der Waals surface area contributed by atoms with E-state index in [1.54, 1.807) is 0 Å². The SMILES string of the molecule is CN(C)[C@@]1(c2cccc(Cl)c2)CCCNC(=O)NCC1. The van der Waals surface area contributed by atoms with Crippen molar-refractivity contribution in [3.63, 3.8) is 0 Å². The molecule has 2 N–H and O–H groups in total. The van der Waals surface area contributed by atoms with Gasteiger partial charge in [0.1, 0.15) is 0 Å². The highest BCUT2D eigenvalue weighted by atomic mass is 35.5. The quantitative estimate of drug-likeness (QED) is 0.881. The molecule has 0 spiro atoms. The molecule has 1 aromatic rings. The molecule has 0 bridgehead atoms. The number of benzene rings is 1. The van der Waals surface area contributed by atoms with Crippen molar-refractivity contribution in [3.8, 4) is 0 Å². The maximum Gasteiger partial charge on any atom is 0.314 e. The normalized spacial score (nSPS) is 24.3. The Kier molecular flexibility index (Phi) is 4.89. The van der Waals surface area contributed by atoms with Crippen LogP contribution in [0.15, 0.2) is 24.3 Å². The van der Waals surface area contributed by atoms with E-state index >= 15 is 0 Å². The monoisotopic (exact) mass is 295 g/mol. The molecule has 1 atom stereocenters. The summed E-state index contributed by atoms with van der Waals surface area (Å²) in [6.07, 6.45) is 2.80. The number of rotatable bonds is 2. The van der Waals surface area contributed by atoms with Gasteiger partial charge in [0.05, 0.1) is 0 Å². The van der Waals surface area contributed by atoms with Gasteiger partial charge in [0.25, 0.3) is 0 Å². The average molecular weight is 296 g/mol. The fourth-order valence-corrected chi connectivity index (χ4v) is 3.12. The number of carbonyl (C=O) groups is 1. The number of amides is 2. The van der Waals surface area contributed by atoms with Gasteiger partial charge in [-0.15, -0.1) is 0 Å². The van der Waals surface area contributed by atoms with Crippen molar-refractivity contribution >= 4 is 17.6 Å². The molecule has 0 aliphatic carbocycles. The van der Waals surface area contributed by atoms with Crippen molar-refractivity contribution in [2.24, 2.45) is 0 Å². The second kappa shape index (κ2) is 6.46. The Balaban J connectivity index is 2.33. The summed E-state index contributed by atoms with van der Waals surface area (Å²) in [5, 5.41) is 6.53. The predicted molar refractivity (Wildman–Crippen MR) is 82.1 cm³/mol. The molecule has 1 heterocycles. The van der Waals surface area contributed by atoms with Crippen LogP contribution in [0.1, 0.15) is 24.8 Å². The van der Waals surface area contributed by atoms with Crippen LogP contribution in [0.3, 0.4) is 0 Å². The molecule has 5 heteroatoms. The molecule has 0 saturated carbocycles. The van der Waals surface area contributed by atoms with Crippen LogP contribution in [0.5, 0.6) is 0 Å². The maximum atomic E-state index is 11.5. The van der Waals surface area contributed by atoms with Crippen molar-refractivity contribution in [1.82, 2.24) is 15.5 Å². The highest BCUT2D eigenvalue weighted by Crippen LogP contribution is 2.36. The van der Waals surface area contributed by atoms with Crippen LogP contribution in [0.4, 0.5) is 4.79 Å². The standard InChI is InChI=1S/C15H22ClN3O/c1-19(2)15(12-5-3-6-13(16)11-12)7-4-9-17-14(20)18-10-8-15/h3,5-6,11H,4,7-10H2,1-2H3,(H2,17,18,20)/t15-/m0/s1. The van der Waals surface area contributed by atoms with Gasteiger partial charge in [-0.3, -0.25) is 4.90 Å². The van der Waals surface area contributed by atoms with E-state index in [4.69, 9.17) is 11.6 Å². The Morgan fingerprint density at radius 2 is 1.95 bits per heavy atom. The Bertz CT molecular complexity index is 478. The van der Waals surface area contributed by atoms with Crippen LogP contribution >= 0.6 is 11.6 Å². The van der Waals surface area contributed by atoms with Crippen LogP contribution in [0.25, 0.3) is 0 Å². The fourth-order valence-electron chi connectivity index (χ4n) is 2.93. The van der Waals surface area contributed by atoms with E-state index in [2.05, 4.69) is 35.7 Å². The minimum Gasteiger partial charge on any atom is -0.338 e. The summed E-state index contributed by atoms with van der Waals surface area (Å²) in [4.78, 5) is 13.7. The number of nitrogens with zero attached hydrogens (tertiary/aromatic N) is 1. The third-order valence-corrected chi connectivity index (χ3v) is 4.33. The molecule has 2 amide bonds. The molecule has 0 radical (unpaired) electrons. The van der Waals surface area contributed by atoms with Gasteiger partial charge in [-0.2, -0.15) is 0 Å². The lowest BCUT2D eigenvalue weighted by Crippen LogP contribution is -2.44. The lowest BCUT2D eigenvalue weighted by atomic mass is 9.81. The zero-order valence-electron chi connectivity index (χ0n) is 12.1. The van der Waals surface area contributed by atoms with E-state index in [1.807, 2.05) is 18.2 Å². The van der Waals surface area contributed by atoms with Crippen molar-refractivity contribution in [1.29, 1.82) is 0 Å². The van der Waals surface area contributed by atoms with Crippen molar-refractivity contribution in [2.75, 3.05) is 27.2 Å². The number of halogens is 1. The maximum absolute atomic E-state index is 11.5. The van der Waals surface area contributed by atoms with E-state index in [0.717, 1.165) is 24.3 Å². The Morgan fingerprint density at radius 3 is 2.65 bits per heavy atom. The second-order valence-electron chi connectivity index (χ2n) is 5.47. The molecule has 0 aromatic heterocycles. The summed E-state index contributed by atoms with van der Waals surface area (Å²) < 4.78 is 0. The van der Waals surface area contributed by atoms with E-state index in [1.165, 1.54) is 5.56 Å². The third kappa shape index (κ3) is 3.25. The third-order valence-electron chi connectivity index (χ3n) is 4.09. The van der Waals surface area contributed by atoms with Crippen LogP contribution in [0.2, 0.25) is 5.02 Å². The molecule has 2 rings (SSSR count). The summed E-state index contributed by atoms with van der Waals surface area (Å²) in [7, 11) is 4.18. The zero-order valence-corrected chi connectivity index (χ0v) is 12.8. The molecule has 1 saturated heterocycles. The summed E-state index contributed by atoms with van der Waals surface area (Å²) in [5.41, 5.74) is 1.12. The molecular weight excluding hydrogens is 274 g/mol. The molecule has 20 heavy (non-hydrogen) atoms. The smallest absolute Gasteiger partial charge is 0.314 e. The van der Waals surface area contributed by atoms with E-state index in [0.29, 0.717) is 13.1 Å². The lowest BCUT2D eigenvalue weighted by molar-refractivity contribution is 0.125. The van der Waals surface area contributed by atoms with Gasteiger partial charge in [-0.05, 0) is 51.1 Å². The number of hydrogen-bond donors (Lipinski definition) is 2. The highest BCUT2D eigenvalue weighted by molar-refractivity contribution is 6.30. The van der Waals surface area contributed by atoms with Crippen LogP contribution in [-0.2, 0) is 5.54 Å². The minimum absolute atomic E-state index is 0.0781. The Hall–Kier alpha value is -1.26. The average Bonchev–Trinajstić information content (AvgIpc) is 2.50. The van der Waals surface area contributed by atoms with E-state index in [-0.39, 0.29) is 11.6 Å². The van der Waals surface area contributed by atoms with Crippen LogP contribution < -0.4 is 10.6 Å². The van der Waals surface area contributed by atoms with E-state index in [9.17, 15) is 4.79 Å². The summed E-state index contributed by atoms with van der Waals surface area (Å²) >= 11 is 6.16. The minimum atomic E-state index is -0.0931. The summed E-state index contributed by atoms with van der Waals surface area (Å²) in [5.74, 6) is 0. The van der Waals surface area contributed by atoms with Gasteiger partial charge in [0.2, 0.25) is 0 Å². The van der Waals surface area contributed by atoms with Gasteiger partial charge in [-0.25, -0.2) is 4.79 Å². The first-order valence-corrected chi connectivity index (χ1v) is 7.37. The van der Waals surface area contributed by atoms with Crippen LogP contribution in [0, 0.1) is 0 Å². The van der Waals surface area contributed by atoms with Gasteiger partial charge in [-0.1, -0.05) is 23.7 Å². The molecule has 1 aliphatic rings. The first-order valence-electron chi connectivity index (χ1n) is 7.00. The Morgan fingerprint density at radius 1 is 1.20 bits per heavy atom. The van der Waals surface area contributed by atoms with Crippen molar-refractivity contribution in [3.05, 3.63) is 34.9 Å². The first-order chi connectivity index (χ1) is 9.54. The number of nitrogens with one attached hydrogen (secondary N) is 2. The van der Waals surface area contributed by atoms with Crippen LogP contribution in [-0.4, -0.2) is 38.1 Å². The molecule has 110 valence electrons. The highest BCUT2D eigenvalue weighted by Gasteiger charge is 2.34. The lowest BCUT2D eigenvalue weighted by Gasteiger charge is -2.41. The summed E-state index contributed by atoms with van der Waals surface area (Å²) in [6.45, 7) is 1.35. The largest absolute Gasteiger partial charge is 0.338 e. The predicted octanol–water partition coefficient (Wildman–Crippen LogP) is 2.58. The Labute approximate surface area is 125 Å². The number of urea groups is 1.